The van der Waals surface area contributed by atoms with E-state index in [-0.39, 0.29) is 17.6 Å². The molecule has 37 heavy (non-hydrogen) atoms. The first-order valence-electron chi connectivity index (χ1n) is 11.1. The zero-order valence-electron chi connectivity index (χ0n) is 20.4. The molecule has 2 aromatic heterocycles. The van der Waals surface area contributed by atoms with E-state index in [1.807, 2.05) is 0 Å². The molecule has 0 aliphatic rings. The van der Waals surface area contributed by atoms with Gasteiger partial charge in [0, 0.05) is 34.2 Å². The van der Waals surface area contributed by atoms with Crippen LogP contribution < -0.4 is 0 Å². The van der Waals surface area contributed by atoms with E-state index in [9.17, 15) is 31.1 Å². The molecule has 1 aromatic carbocycles. The summed E-state index contributed by atoms with van der Waals surface area (Å²) in [4.78, 5) is 17.0. The number of carbonyl (C=O) groups is 1. The van der Waals surface area contributed by atoms with Crippen molar-refractivity contribution in [2.24, 2.45) is 5.41 Å². The van der Waals surface area contributed by atoms with Gasteiger partial charge in [-0.25, -0.2) is 0 Å². The zero-order chi connectivity index (χ0) is 27.8. The first kappa shape index (κ1) is 29.0. The number of ether oxygens (including phenoxy) is 2. The van der Waals surface area contributed by atoms with Crippen LogP contribution in [0.3, 0.4) is 0 Å². The third kappa shape index (κ3) is 6.84. The third-order valence-electron chi connectivity index (χ3n) is 5.84. The minimum Gasteiger partial charge on any atom is -0.456 e. The van der Waals surface area contributed by atoms with Gasteiger partial charge in [-0.2, -0.15) is 26.3 Å². The second kappa shape index (κ2) is 10.6. The fraction of sp³-hybridized carbons (Fsp3) is 0.440. The second-order valence-corrected chi connectivity index (χ2v) is 10.2. The van der Waals surface area contributed by atoms with E-state index < -0.39 is 43.0 Å². The number of carbonyl (C=O) groups excluding carboxylic acids is 1. The Bertz CT molecular complexity index is 1280. The summed E-state index contributed by atoms with van der Waals surface area (Å²) in [5.74, 6) is -1.13. The maximum absolute atomic E-state index is 13.8. The SMILES string of the molecule is CO[C@@H](C)c1ncccc1-c1c(CC(C)(C)C(=O)OCC(F)(F)F)c2cc(Br)ccc2n1CC(F)(F)F. The molecule has 0 saturated heterocycles. The minimum absolute atomic E-state index is 0.147. The van der Waals surface area contributed by atoms with Crippen molar-refractivity contribution in [3.8, 4) is 11.3 Å². The lowest BCUT2D eigenvalue weighted by Gasteiger charge is -2.25. The van der Waals surface area contributed by atoms with Crippen LogP contribution in [0.1, 0.15) is 38.1 Å². The van der Waals surface area contributed by atoms with E-state index >= 15 is 0 Å². The normalized spacial score (nSPS) is 13.7. The maximum atomic E-state index is 13.8. The molecule has 0 saturated carbocycles. The molecular formula is C25H25BrF6N2O3. The molecule has 202 valence electrons. The molecule has 3 aromatic rings. The molecule has 0 bridgehead atoms. The van der Waals surface area contributed by atoms with Gasteiger partial charge in [0.1, 0.15) is 6.54 Å². The minimum atomic E-state index is -4.72. The number of halogens is 7. The summed E-state index contributed by atoms with van der Waals surface area (Å²) in [5, 5.41) is 0.408. The first-order chi connectivity index (χ1) is 17.0. The summed E-state index contributed by atoms with van der Waals surface area (Å²) < 4.78 is 91.0. The summed E-state index contributed by atoms with van der Waals surface area (Å²) in [6, 6.07) is 7.90. The van der Waals surface area contributed by atoms with Crippen molar-refractivity contribution in [1.29, 1.82) is 0 Å². The average molecular weight is 595 g/mol. The third-order valence-corrected chi connectivity index (χ3v) is 6.33. The van der Waals surface area contributed by atoms with E-state index in [0.29, 0.717) is 26.7 Å². The molecule has 0 spiro atoms. The summed E-state index contributed by atoms with van der Waals surface area (Å²) in [6.45, 7) is 1.37. The van der Waals surface area contributed by atoms with Crippen molar-refractivity contribution in [1.82, 2.24) is 9.55 Å². The molecular weight excluding hydrogens is 570 g/mol. The Labute approximate surface area is 217 Å². The van der Waals surface area contributed by atoms with Gasteiger partial charge >= 0.3 is 18.3 Å². The van der Waals surface area contributed by atoms with Gasteiger partial charge in [-0.05, 0) is 63.1 Å². The van der Waals surface area contributed by atoms with E-state index in [1.54, 1.807) is 31.2 Å². The van der Waals surface area contributed by atoms with Crippen molar-refractivity contribution in [2.45, 2.75) is 52.2 Å². The molecule has 5 nitrogen and oxygen atoms in total. The number of esters is 1. The highest BCUT2D eigenvalue weighted by Crippen LogP contribution is 2.42. The Morgan fingerprint density at radius 3 is 2.38 bits per heavy atom. The lowest BCUT2D eigenvalue weighted by molar-refractivity contribution is -0.192. The van der Waals surface area contributed by atoms with E-state index in [4.69, 9.17) is 4.74 Å². The van der Waals surface area contributed by atoms with Crippen LogP contribution in [0.2, 0.25) is 0 Å². The smallest absolute Gasteiger partial charge is 0.422 e. The highest BCUT2D eigenvalue weighted by molar-refractivity contribution is 9.10. The quantitative estimate of drug-likeness (QED) is 0.201. The van der Waals surface area contributed by atoms with Gasteiger partial charge in [-0.15, -0.1) is 0 Å². The molecule has 0 unspecified atom stereocenters. The Kier molecular flexibility index (Phi) is 8.33. The predicted molar refractivity (Wildman–Crippen MR) is 129 cm³/mol. The number of rotatable bonds is 8. The van der Waals surface area contributed by atoms with Gasteiger partial charge in [0.05, 0.1) is 22.9 Å². The fourth-order valence-electron chi connectivity index (χ4n) is 4.14. The summed E-state index contributed by atoms with van der Waals surface area (Å²) in [7, 11) is 1.44. The van der Waals surface area contributed by atoms with Crippen LogP contribution in [0.25, 0.3) is 22.2 Å². The van der Waals surface area contributed by atoms with Gasteiger partial charge in [0.25, 0.3) is 0 Å². The number of hydrogen-bond donors (Lipinski definition) is 0. The lowest BCUT2D eigenvalue weighted by Crippen LogP contribution is -2.32. The first-order valence-corrected chi connectivity index (χ1v) is 11.9. The largest absolute Gasteiger partial charge is 0.456 e. The number of benzene rings is 1. The molecule has 0 aliphatic carbocycles. The molecule has 0 radical (unpaired) electrons. The summed E-state index contributed by atoms with van der Waals surface area (Å²) in [6.07, 6.45) is -8.61. The lowest BCUT2D eigenvalue weighted by atomic mass is 9.83. The number of aromatic nitrogens is 2. The highest BCUT2D eigenvalue weighted by Gasteiger charge is 2.38. The predicted octanol–water partition coefficient (Wildman–Crippen LogP) is 7.41. The number of fused-ring (bicyclic) bond motifs is 1. The van der Waals surface area contributed by atoms with Crippen LogP contribution in [0.4, 0.5) is 26.3 Å². The Hall–Kier alpha value is -2.60. The number of methoxy groups -OCH3 is 1. The van der Waals surface area contributed by atoms with Gasteiger partial charge in [-0.3, -0.25) is 9.78 Å². The van der Waals surface area contributed by atoms with Crippen molar-refractivity contribution in [2.75, 3.05) is 13.7 Å². The topological polar surface area (TPSA) is 53.4 Å². The van der Waals surface area contributed by atoms with Gasteiger partial charge in [0.15, 0.2) is 6.61 Å². The molecule has 12 heteroatoms. The van der Waals surface area contributed by atoms with Crippen LogP contribution in [-0.4, -0.2) is 41.6 Å². The van der Waals surface area contributed by atoms with Crippen LogP contribution in [-0.2, 0) is 27.2 Å². The summed E-state index contributed by atoms with van der Waals surface area (Å²) in [5.41, 5.74) is -0.0579. The maximum Gasteiger partial charge on any atom is 0.422 e. The van der Waals surface area contributed by atoms with E-state index in [0.717, 1.165) is 4.57 Å². The number of hydrogen-bond acceptors (Lipinski definition) is 4. The number of pyridine rings is 1. The van der Waals surface area contributed by atoms with Gasteiger partial charge in [0.2, 0.25) is 0 Å². The van der Waals surface area contributed by atoms with E-state index in [2.05, 4.69) is 25.7 Å². The monoisotopic (exact) mass is 594 g/mol. The second-order valence-electron chi connectivity index (χ2n) is 9.26. The zero-order valence-corrected chi connectivity index (χ0v) is 22.0. The molecule has 3 rings (SSSR count). The standard InChI is InChI=1S/C25H25BrF6N2O3/c1-14(36-4)20-16(6-5-9-33-20)21-18(11-23(2,3)22(35)37-13-25(30,31)32)17-10-15(26)7-8-19(17)34(21)12-24(27,28)29/h5-10,14H,11-13H2,1-4H3/t14-/m0/s1. The molecule has 0 amide bonds. The number of nitrogens with zero attached hydrogens (tertiary/aromatic N) is 2. The molecule has 2 heterocycles. The van der Waals surface area contributed by atoms with Crippen LogP contribution >= 0.6 is 15.9 Å². The number of alkyl halides is 6. The Morgan fingerprint density at radius 1 is 1.11 bits per heavy atom. The Morgan fingerprint density at radius 2 is 1.78 bits per heavy atom. The average Bonchev–Trinajstić information content (AvgIpc) is 3.06. The van der Waals surface area contributed by atoms with Gasteiger partial charge < -0.3 is 14.0 Å². The molecule has 1 atom stereocenters. The van der Waals surface area contributed by atoms with Crippen LogP contribution in [0.15, 0.2) is 41.0 Å². The Balaban J connectivity index is 2.31. The summed E-state index contributed by atoms with van der Waals surface area (Å²) >= 11 is 3.34. The fourth-order valence-corrected chi connectivity index (χ4v) is 4.50. The van der Waals surface area contributed by atoms with Crippen molar-refractivity contribution in [3.05, 3.63) is 52.3 Å². The molecule has 0 fully saturated rings. The van der Waals surface area contributed by atoms with Crippen molar-refractivity contribution >= 4 is 32.8 Å². The van der Waals surface area contributed by atoms with Crippen LogP contribution in [0, 0.1) is 5.41 Å². The molecule has 0 N–H and O–H groups in total. The van der Waals surface area contributed by atoms with Crippen molar-refractivity contribution in [3.63, 3.8) is 0 Å². The van der Waals surface area contributed by atoms with E-state index in [1.165, 1.54) is 33.2 Å². The van der Waals surface area contributed by atoms with Crippen LogP contribution in [0.5, 0.6) is 0 Å². The molecule has 0 aliphatic heterocycles. The van der Waals surface area contributed by atoms with Gasteiger partial charge in [-0.1, -0.05) is 15.9 Å². The highest BCUT2D eigenvalue weighted by atomic mass is 79.9. The van der Waals surface area contributed by atoms with Crippen molar-refractivity contribution < 1.29 is 40.6 Å².